The highest BCUT2D eigenvalue weighted by molar-refractivity contribution is 5.58. The Balaban J connectivity index is 2.06. The van der Waals surface area contributed by atoms with Crippen molar-refractivity contribution >= 4 is 0 Å². The molecule has 82 valence electrons. The summed E-state index contributed by atoms with van der Waals surface area (Å²) >= 11 is 0. The van der Waals surface area contributed by atoms with Crippen LogP contribution in [0, 0.1) is 0 Å². The molecule has 3 rings (SSSR count). The van der Waals surface area contributed by atoms with Crippen molar-refractivity contribution in [2.45, 2.75) is 25.7 Å². The van der Waals surface area contributed by atoms with E-state index in [-0.39, 0.29) is 0 Å². The van der Waals surface area contributed by atoms with Gasteiger partial charge in [-0.25, -0.2) is 4.98 Å². The first kappa shape index (κ1) is 9.64. The summed E-state index contributed by atoms with van der Waals surface area (Å²) in [5.74, 6) is 1.06. The lowest BCUT2D eigenvalue weighted by molar-refractivity contribution is 0.685. The number of aromatic nitrogens is 2. The van der Waals surface area contributed by atoms with Crippen LogP contribution in [0.25, 0.3) is 11.4 Å². The van der Waals surface area contributed by atoms with Crippen molar-refractivity contribution in [3.8, 4) is 11.4 Å². The van der Waals surface area contributed by atoms with Crippen molar-refractivity contribution in [1.82, 2.24) is 9.55 Å². The third-order valence-corrected chi connectivity index (χ3v) is 3.43. The van der Waals surface area contributed by atoms with Crippen LogP contribution in [-0.2, 0) is 19.9 Å². The Morgan fingerprint density at radius 1 is 1.12 bits per heavy atom. The molecule has 0 atom stereocenters. The van der Waals surface area contributed by atoms with Crippen LogP contribution in [0.2, 0.25) is 0 Å². The number of imidazole rings is 1. The minimum atomic E-state index is 1.06. The molecule has 0 radical (unpaired) electrons. The van der Waals surface area contributed by atoms with E-state index in [9.17, 15) is 0 Å². The molecule has 0 unspecified atom stereocenters. The summed E-state index contributed by atoms with van der Waals surface area (Å²) in [6, 6.07) is 6.79. The van der Waals surface area contributed by atoms with Gasteiger partial charge in [-0.2, -0.15) is 0 Å². The minimum Gasteiger partial charge on any atom is -0.334 e. The van der Waals surface area contributed by atoms with Crippen LogP contribution in [-0.4, -0.2) is 9.55 Å². The average molecular weight is 212 g/mol. The van der Waals surface area contributed by atoms with Gasteiger partial charge in [0.25, 0.3) is 0 Å². The van der Waals surface area contributed by atoms with E-state index in [1.54, 1.807) is 0 Å². The van der Waals surface area contributed by atoms with Gasteiger partial charge in [0.05, 0.1) is 0 Å². The second-order valence-electron chi connectivity index (χ2n) is 4.55. The van der Waals surface area contributed by atoms with Gasteiger partial charge in [-0.1, -0.05) is 12.1 Å². The van der Waals surface area contributed by atoms with Gasteiger partial charge in [0.1, 0.15) is 5.82 Å². The fourth-order valence-corrected chi connectivity index (χ4v) is 2.52. The second-order valence-corrected chi connectivity index (χ2v) is 4.55. The normalized spacial score (nSPS) is 14.8. The van der Waals surface area contributed by atoms with E-state index in [4.69, 9.17) is 0 Å². The van der Waals surface area contributed by atoms with Crippen LogP contribution in [0.4, 0.5) is 0 Å². The summed E-state index contributed by atoms with van der Waals surface area (Å²) in [6.45, 7) is 0. The van der Waals surface area contributed by atoms with Gasteiger partial charge in [-0.05, 0) is 42.9 Å². The highest BCUT2D eigenvalue weighted by Crippen LogP contribution is 2.26. The third-order valence-electron chi connectivity index (χ3n) is 3.43. The Morgan fingerprint density at radius 2 is 1.94 bits per heavy atom. The lowest BCUT2D eigenvalue weighted by atomic mass is 9.90. The third kappa shape index (κ3) is 1.54. The number of benzene rings is 1. The Labute approximate surface area is 95.9 Å². The highest BCUT2D eigenvalue weighted by atomic mass is 15.0. The summed E-state index contributed by atoms with van der Waals surface area (Å²) in [5, 5.41) is 0. The van der Waals surface area contributed by atoms with Crippen LogP contribution in [0.15, 0.2) is 30.6 Å². The first-order valence-corrected chi connectivity index (χ1v) is 5.94. The molecule has 0 fully saturated rings. The van der Waals surface area contributed by atoms with Gasteiger partial charge < -0.3 is 4.57 Å². The molecule has 0 aliphatic heterocycles. The lowest BCUT2D eigenvalue weighted by Crippen LogP contribution is -2.03. The fourth-order valence-electron chi connectivity index (χ4n) is 2.52. The molecule has 0 saturated carbocycles. The molecule has 1 aliphatic rings. The van der Waals surface area contributed by atoms with Gasteiger partial charge >= 0.3 is 0 Å². The molecule has 0 saturated heterocycles. The smallest absolute Gasteiger partial charge is 0.139 e. The standard InChI is InChI=1S/C14H16N2/c1-16-9-8-15-14(16)13-7-6-11-4-2-3-5-12(11)10-13/h6-10H,2-5H2,1H3. The van der Waals surface area contributed by atoms with Gasteiger partial charge in [0.15, 0.2) is 0 Å². The van der Waals surface area contributed by atoms with E-state index in [1.165, 1.54) is 42.4 Å². The molecule has 0 N–H and O–H groups in total. The Morgan fingerprint density at radius 3 is 2.69 bits per heavy atom. The van der Waals surface area contributed by atoms with E-state index in [2.05, 4.69) is 27.8 Å². The monoisotopic (exact) mass is 212 g/mol. The molecule has 1 heterocycles. The largest absolute Gasteiger partial charge is 0.334 e. The van der Waals surface area contributed by atoms with Gasteiger partial charge in [-0.15, -0.1) is 0 Å². The van der Waals surface area contributed by atoms with Gasteiger partial charge in [-0.3, -0.25) is 0 Å². The Hall–Kier alpha value is -1.57. The number of fused-ring (bicyclic) bond motifs is 1. The summed E-state index contributed by atoms with van der Waals surface area (Å²) in [6.07, 6.45) is 9.00. The average Bonchev–Trinajstić information content (AvgIpc) is 2.75. The molecule has 0 bridgehead atoms. The first-order chi connectivity index (χ1) is 7.84. The molecular formula is C14H16N2. The van der Waals surface area contributed by atoms with Crippen molar-refractivity contribution in [3.63, 3.8) is 0 Å². The Bertz CT molecular complexity index is 511. The zero-order valence-corrected chi connectivity index (χ0v) is 9.61. The van der Waals surface area contributed by atoms with E-state index in [0.717, 1.165) is 5.82 Å². The number of rotatable bonds is 1. The number of hydrogen-bond donors (Lipinski definition) is 0. The zero-order chi connectivity index (χ0) is 11.0. The van der Waals surface area contributed by atoms with E-state index in [1.807, 2.05) is 19.4 Å². The predicted octanol–water partition coefficient (Wildman–Crippen LogP) is 2.97. The van der Waals surface area contributed by atoms with Gasteiger partial charge in [0, 0.05) is 25.0 Å². The SMILES string of the molecule is Cn1ccnc1-c1ccc2c(c1)CCCC2. The first-order valence-electron chi connectivity index (χ1n) is 5.94. The molecule has 1 aromatic carbocycles. The van der Waals surface area contributed by atoms with Crippen LogP contribution in [0.1, 0.15) is 24.0 Å². The molecule has 1 aliphatic carbocycles. The Kier molecular flexibility index (Phi) is 2.28. The molecule has 2 heteroatoms. The predicted molar refractivity (Wildman–Crippen MR) is 65.3 cm³/mol. The van der Waals surface area contributed by atoms with Crippen LogP contribution < -0.4 is 0 Å². The number of nitrogens with zero attached hydrogens (tertiary/aromatic N) is 2. The highest BCUT2D eigenvalue weighted by Gasteiger charge is 2.11. The molecule has 2 aromatic rings. The van der Waals surface area contributed by atoms with Crippen LogP contribution in [0.3, 0.4) is 0 Å². The van der Waals surface area contributed by atoms with Crippen LogP contribution >= 0.6 is 0 Å². The second kappa shape index (κ2) is 3.78. The van der Waals surface area contributed by atoms with Gasteiger partial charge in [0.2, 0.25) is 0 Å². The summed E-state index contributed by atoms with van der Waals surface area (Å²) < 4.78 is 2.07. The van der Waals surface area contributed by atoms with Crippen molar-refractivity contribution < 1.29 is 0 Å². The minimum absolute atomic E-state index is 1.06. The quantitative estimate of drug-likeness (QED) is 0.710. The van der Waals surface area contributed by atoms with E-state index >= 15 is 0 Å². The van der Waals surface area contributed by atoms with Crippen LogP contribution in [0.5, 0.6) is 0 Å². The maximum Gasteiger partial charge on any atom is 0.139 e. The lowest BCUT2D eigenvalue weighted by Gasteiger charge is -2.16. The maximum atomic E-state index is 4.40. The number of aryl methyl sites for hydroxylation is 3. The molecule has 1 aromatic heterocycles. The van der Waals surface area contributed by atoms with E-state index in [0.29, 0.717) is 0 Å². The molecule has 0 spiro atoms. The topological polar surface area (TPSA) is 17.8 Å². The fraction of sp³-hybridized carbons (Fsp3) is 0.357. The molecular weight excluding hydrogens is 196 g/mol. The molecule has 2 nitrogen and oxygen atoms in total. The van der Waals surface area contributed by atoms with Crippen molar-refractivity contribution in [1.29, 1.82) is 0 Å². The van der Waals surface area contributed by atoms with Crippen molar-refractivity contribution in [3.05, 3.63) is 41.7 Å². The van der Waals surface area contributed by atoms with E-state index < -0.39 is 0 Å². The zero-order valence-electron chi connectivity index (χ0n) is 9.61. The summed E-state index contributed by atoms with van der Waals surface area (Å²) in [5.41, 5.74) is 4.30. The molecule has 16 heavy (non-hydrogen) atoms. The molecule has 0 amide bonds. The van der Waals surface area contributed by atoms with Crippen molar-refractivity contribution in [2.24, 2.45) is 7.05 Å². The maximum absolute atomic E-state index is 4.40. The number of hydrogen-bond acceptors (Lipinski definition) is 1. The summed E-state index contributed by atoms with van der Waals surface area (Å²) in [7, 11) is 2.04. The summed E-state index contributed by atoms with van der Waals surface area (Å²) in [4.78, 5) is 4.40. The van der Waals surface area contributed by atoms with Crippen molar-refractivity contribution in [2.75, 3.05) is 0 Å².